The van der Waals surface area contributed by atoms with E-state index in [0.717, 1.165) is 0 Å². The molecule has 1 unspecified atom stereocenters. The molecule has 1 atom stereocenters. The number of carbonyl (C=O) groups excluding carboxylic acids is 1. The van der Waals surface area contributed by atoms with Gasteiger partial charge in [0, 0.05) is 21.8 Å². The summed E-state index contributed by atoms with van der Waals surface area (Å²) in [6, 6.07) is 8.13. The molecular weight excluding hydrogens is 461 g/mol. The minimum atomic E-state index is -1.39. The van der Waals surface area contributed by atoms with Crippen molar-refractivity contribution < 1.29 is 19.7 Å². The maximum Gasteiger partial charge on any atom is 0.139 e. The molecule has 0 aliphatic carbocycles. The van der Waals surface area contributed by atoms with E-state index >= 15 is 0 Å². The number of aliphatic hydroxyl groups is 1. The molecule has 7 nitrogen and oxygen atoms in total. The molecule has 0 saturated heterocycles. The van der Waals surface area contributed by atoms with E-state index in [0.29, 0.717) is 20.7 Å². The van der Waals surface area contributed by atoms with Gasteiger partial charge in [-0.3, -0.25) is 5.41 Å². The van der Waals surface area contributed by atoms with Gasteiger partial charge < -0.3 is 30.8 Å². The lowest BCUT2D eigenvalue weighted by atomic mass is 10.0. The Kier molecular flexibility index (Phi) is 8.84. The van der Waals surface area contributed by atoms with E-state index in [-0.39, 0.29) is 42.8 Å². The highest BCUT2D eigenvalue weighted by Crippen LogP contribution is 2.37. The number of hydrogen-bond acceptors (Lipinski definition) is 6. The van der Waals surface area contributed by atoms with Crippen molar-refractivity contribution in [3.63, 3.8) is 0 Å². The highest BCUT2D eigenvalue weighted by Gasteiger charge is 2.21. The minimum absolute atomic E-state index is 0. The van der Waals surface area contributed by atoms with Gasteiger partial charge in [0.1, 0.15) is 18.2 Å². The Labute approximate surface area is 175 Å². The Bertz CT molecular complexity index is 819. The number of nitrogens with one attached hydrogen (secondary N) is 2. The number of carbonyl (C=O) groups is 1. The van der Waals surface area contributed by atoms with E-state index in [9.17, 15) is 9.90 Å². The fraction of sp³-hybridized carbons (Fsp3) is 0.176. The molecule has 0 fully saturated rings. The second-order valence-corrected chi connectivity index (χ2v) is 6.56. The lowest BCUT2D eigenvalue weighted by molar-refractivity contribution is -0.307. The molecule has 146 valence electrons. The summed E-state index contributed by atoms with van der Waals surface area (Å²) in [5.41, 5.74) is 6.64. The van der Waals surface area contributed by atoms with Crippen molar-refractivity contribution in [2.75, 3.05) is 18.5 Å². The van der Waals surface area contributed by atoms with Crippen molar-refractivity contribution in [2.45, 2.75) is 6.04 Å². The normalized spacial score (nSPS) is 11.2. The van der Waals surface area contributed by atoms with Gasteiger partial charge in [0.05, 0.1) is 23.1 Å². The molecule has 0 aliphatic heterocycles. The monoisotopic (exact) mass is 476 g/mol. The van der Waals surface area contributed by atoms with Gasteiger partial charge in [-0.2, -0.15) is 0 Å². The largest absolute Gasteiger partial charge is 0.548 e. The topological polar surface area (TPSA) is 131 Å². The van der Waals surface area contributed by atoms with Crippen LogP contribution in [0.5, 0.6) is 5.75 Å². The molecule has 0 radical (unpaired) electrons. The van der Waals surface area contributed by atoms with Crippen LogP contribution in [0.3, 0.4) is 0 Å². The molecule has 0 heterocycles. The number of aliphatic hydroxyl groups excluding tert-OH is 1. The van der Waals surface area contributed by atoms with Crippen molar-refractivity contribution in [1.29, 1.82) is 5.41 Å². The third-order valence-corrected chi connectivity index (χ3v) is 4.24. The first-order chi connectivity index (χ1) is 12.3. The van der Waals surface area contributed by atoms with Crippen LogP contribution in [0, 0.1) is 5.41 Å². The van der Waals surface area contributed by atoms with Crippen LogP contribution in [0.1, 0.15) is 17.2 Å². The summed E-state index contributed by atoms with van der Waals surface area (Å²) in [7, 11) is 0. The SMILES string of the molecule is Cl.N=C(N)c1ccc(NC(C(=O)[O-])c2cc(Cl)cc(Br)c2OCCO)cc1. The summed E-state index contributed by atoms with van der Waals surface area (Å²) >= 11 is 9.34. The molecular formula is C17H17BrCl2N3O4-. The molecule has 0 aliphatic rings. The molecule has 2 rings (SSSR count). The minimum Gasteiger partial charge on any atom is -0.548 e. The summed E-state index contributed by atoms with van der Waals surface area (Å²) in [6.07, 6.45) is 0. The molecule has 10 heteroatoms. The van der Waals surface area contributed by atoms with Crippen LogP contribution >= 0.6 is 39.9 Å². The number of nitrogens with two attached hydrogens (primary N) is 1. The van der Waals surface area contributed by atoms with Crippen LogP contribution in [-0.4, -0.2) is 30.1 Å². The van der Waals surface area contributed by atoms with E-state index in [2.05, 4.69) is 21.2 Å². The first-order valence-corrected chi connectivity index (χ1v) is 8.65. The Hall–Kier alpha value is -2.00. The van der Waals surface area contributed by atoms with Crippen LogP contribution in [-0.2, 0) is 4.79 Å². The Morgan fingerprint density at radius 2 is 2.00 bits per heavy atom. The van der Waals surface area contributed by atoms with E-state index in [1.54, 1.807) is 30.3 Å². The van der Waals surface area contributed by atoms with Gasteiger partial charge in [0.15, 0.2) is 0 Å². The zero-order chi connectivity index (χ0) is 19.3. The number of anilines is 1. The van der Waals surface area contributed by atoms with Gasteiger partial charge >= 0.3 is 0 Å². The number of ether oxygens (including phenoxy) is 1. The van der Waals surface area contributed by atoms with E-state index in [1.807, 2.05) is 0 Å². The maximum absolute atomic E-state index is 11.7. The van der Waals surface area contributed by atoms with Crippen molar-refractivity contribution in [2.24, 2.45) is 5.73 Å². The molecule has 0 saturated carbocycles. The Balaban J connectivity index is 0.00000364. The second-order valence-electron chi connectivity index (χ2n) is 5.27. The summed E-state index contributed by atoms with van der Waals surface area (Å²) in [6.45, 7) is -0.245. The smallest absolute Gasteiger partial charge is 0.139 e. The number of hydrogen-bond donors (Lipinski definition) is 4. The molecule has 27 heavy (non-hydrogen) atoms. The average Bonchev–Trinajstić information content (AvgIpc) is 2.58. The quantitative estimate of drug-likeness (QED) is 0.340. The van der Waals surface area contributed by atoms with Crippen LogP contribution in [0.4, 0.5) is 5.69 Å². The predicted molar refractivity (Wildman–Crippen MR) is 108 cm³/mol. The van der Waals surface area contributed by atoms with Gasteiger partial charge in [-0.25, -0.2) is 0 Å². The highest BCUT2D eigenvalue weighted by atomic mass is 79.9. The number of amidine groups is 1. The van der Waals surface area contributed by atoms with Gasteiger partial charge in [0.25, 0.3) is 0 Å². The average molecular weight is 478 g/mol. The molecule has 5 N–H and O–H groups in total. The van der Waals surface area contributed by atoms with Gasteiger partial charge in [-0.05, 0) is 52.3 Å². The number of carboxylic acid groups (broad SMARTS) is 1. The third kappa shape index (κ3) is 6.00. The number of halogens is 3. The van der Waals surface area contributed by atoms with E-state index < -0.39 is 12.0 Å². The number of nitrogen functional groups attached to an aromatic ring is 1. The summed E-state index contributed by atoms with van der Waals surface area (Å²) in [5.74, 6) is -1.24. The van der Waals surface area contributed by atoms with Crippen LogP contribution < -0.4 is 20.9 Å². The number of benzene rings is 2. The van der Waals surface area contributed by atoms with Crippen molar-refractivity contribution in [1.82, 2.24) is 0 Å². The fourth-order valence-electron chi connectivity index (χ4n) is 2.27. The zero-order valence-electron chi connectivity index (χ0n) is 13.9. The molecule has 0 aromatic heterocycles. The van der Waals surface area contributed by atoms with Gasteiger partial charge in [-0.15, -0.1) is 12.4 Å². The lowest BCUT2D eigenvalue weighted by Gasteiger charge is -2.24. The number of aliphatic carboxylic acids is 1. The summed E-state index contributed by atoms with van der Waals surface area (Å²) in [5, 5.41) is 31.2. The Morgan fingerprint density at radius 3 is 2.52 bits per heavy atom. The molecule has 2 aromatic rings. The standard InChI is InChI=1S/C17H17BrClN3O4.ClH/c18-13-8-10(19)7-12(15(13)26-6-5-23)14(17(24)25)22-11-3-1-9(2-4-11)16(20)21;/h1-4,7-8,14,22-23H,5-6H2,(H3,20,21)(H,24,25);1H/p-1. The first kappa shape index (κ1) is 23.0. The molecule has 0 spiro atoms. The lowest BCUT2D eigenvalue weighted by Crippen LogP contribution is -2.34. The van der Waals surface area contributed by atoms with Crippen LogP contribution in [0.2, 0.25) is 5.02 Å². The zero-order valence-corrected chi connectivity index (χ0v) is 17.0. The van der Waals surface area contributed by atoms with Crippen molar-refractivity contribution >= 4 is 57.4 Å². The Morgan fingerprint density at radius 1 is 1.37 bits per heavy atom. The van der Waals surface area contributed by atoms with Crippen molar-refractivity contribution in [3.05, 3.63) is 57.0 Å². The van der Waals surface area contributed by atoms with E-state index in [1.165, 1.54) is 6.07 Å². The van der Waals surface area contributed by atoms with Crippen LogP contribution in [0.25, 0.3) is 0 Å². The van der Waals surface area contributed by atoms with Crippen molar-refractivity contribution in [3.8, 4) is 5.75 Å². The molecule has 0 amide bonds. The first-order valence-electron chi connectivity index (χ1n) is 7.48. The fourth-order valence-corrected chi connectivity index (χ4v) is 3.22. The summed E-state index contributed by atoms with van der Waals surface area (Å²) in [4.78, 5) is 11.7. The van der Waals surface area contributed by atoms with E-state index in [4.69, 9.17) is 32.6 Å². The number of rotatable bonds is 8. The molecule has 2 aromatic carbocycles. The van der Waals surface area contributed by atoms with Gasteiger partial charge in [-0.1, -0.05) is 11.6 Å². The maximum atomic E-state index is 11.7. The van der Waals surface area contributed by atoms with Gasteiger partial charge in [0.2, 0.25) is 0 Å². The van der Waals surface area contributed by atoms with Crippen LogP contribution in [0.15, 0.2) is 40.9 Å². The third-order valence-electron chi connectivity index (χ3n) is 3.43. The molecule has 0 bridgehead atoms. The second kappa shape index (κ2) is 10.4. The summed E-state index contributed by atoms with van der Waals surface area (Å²) < 4.78 is 5.91. The highest BCUT2D eigenvalue weighted by molar-refractivity contribution is 9.10. The number of carboxylic acids is 1. The predicted octanol–water partition coefficient (Wildman–Crippen LogP) is 2.08.